The van der Waals surface area contributed by atoms with Crippen molar-refractivity contribution >= 4 is 0 Å². The molecule has 2 heteroatoms. The third-order valence-electron chi connectivity index (χ3n) is 3.49. The monoisotopic (exact) mass is 228 g/mol. The lowest BCUT2D eigenvalue weighted by Crippen LogP contribution is -2.45. The van der Waals surface area contributed by atoms with Gasteiger partial charge in [-0.1, -0.05) is 46.5 Å². The molecule has 1 heterocycles. The van der Waals surface area contributed by atoms with Crippen molar-refractivity contribution < 1.29 is 9.47 Å². The van der Waals surface area contributed by atoms with Crippen LogP contribution in [-0.4, -0.2) is 19.0 Å². The molecular weight excluding hydrogens is 200 g/mol. The van der Waals surface area contributed by atoms with Gasteiger partial charge in [-0.3, -0.25) is 0 Å². The van der Waals surface area contributed by atoms with Crippen LogP contribution in [0.3, 0.4) is 0 Å². The summed E-state index contributed by atoms with van der Waals surface area (Å²) in [5, 5.41) is 0. The van der Waals surface area contributed by atoms with E-state index in [9.17, 15) is 0 Å². The van der Waals surface area contributed by atoms with E-state index in [2.05, 4.69) is 20.8 Å². The van der Waals surface area contributed by atoms with Gasteiger partial charge in [0.15, 0.2) is 5.79 Å². The van der Waals surface area contributed by atoms with Crippen LogP contribution < -0.4 is 0 Å². The van der Waals surface area contributed by atoms with Crippen LogP contribution in [0.1, 0.15) is 65.7 Å². The van der Waals surface area contributed by atoms with Gasteiger partial charge in [0.25, 0.3) is 0 Å². The van der Waals surface area contributed by atoms with Crippen molar-refractivity contribution in [2.75, 3.05) is 13.2 Å². The first kappa shape index (κ1) is 14.0. The summed E-state index contributed by atoms with van der Waals surface area (Å²) in [5.74, 6) is 0.184. The second-order valence-electron chi connectivity index (χ2n) is 5.18. The van der Waals surface area contributed by atoms with Crippen molar-refractivity contribution in [3.05, 3.63) is 0 Å². The van der Waals surface area contributed by atoms with E-state index in [0.29, 0.717) is 5.92 Å². The van der Waals surface area contributed by atoms with Gasteiger partial charge in [0, 0.05) is 12.3 Å². The summed E-state index contributed by atoms with van der Waals surface area (Å²) in [4.78, 5) is 0. The molecule has 0 bridgehead atoms. The average Bonchev–Trinajstić information content (AvgIpc) is 2.30. The van der Waals surface area contributed by atoms with Crippen molar-refractivity contribution in [1.29, 1.82) is 0 Å². The molecule has 1 saturated heterocycles. The molecule has 0 radical (unpaired) electrons. The SMILES string of the molecule is CCCCCCCC1(C(C)C)OCCCO1. The Hall–Kier alpha value is -0.0800. The Labute approximate surface area is 101 Å². The Balaban J connectivity index is 2.27. The molecule has 96 valence electrons. The van der Waals surface area contributed by atoms with E-state index in [-0.39, 0.29) is 5.79 Å². The van der Waals surface area contributed by atoms with Gasteiger partial charge in [0.05, 0.1) is 13.2 Å². The normalized spacial score (nSPS) is 20.2. The molecule has 0 aromatic carbocycles. The van der Waals surface area contributed by atoms with Crippen LogP contribution in [0.4, 0.5) is 0 Å². The van der Waals surface area contributed by atoms with E-state index in [1.807, 2.05) is 0 Å². The van der Waals surface area contributed by atoms with Crippen LogP contribution in [-0.2, 0) is 9.47 Å². The Morgan fingerprint density at radius 3 is 2.19 bits per heavy atom. The molecule has 0 unspecified atom stereocenters. The molecule has 0 aliphatic carbocycles. The quantitative estimate of drug-likeness (QED) is 0.610. The number of hydrogen-bond acceptors (Lipinski definition) is 2. The highest BCUT2D eigenvalue weighted by atomic mass is 16.7. The zero-order valence-electron chi connectivity index (χ0n) is 11.3. The molecule has 1 aliphatic rings. The summed E-state index contributed by atoms with van der Waals surface area (Å²) in [6.07, 6.45) is 8.68. The van der Waals surface area contributed by atoms with E-state index in [4.69, 9.17) is 9.47 Å². The Morgan fingerprint density at radius 1 is 1.00 bits per heavy atom. The Kier molecular flexibility index (Phi) is 6.37. The highest BCUT2D eigenvalue weighted by Gasteiger charge is 2.37. The third-order valence-corrected chi connectivity index (χ3v) is 3.49. The predicted octanol–water partition coefficient (Wildman–Crippen LogP) is 4.14. The van der Waals surface area contributed by atoms with E-state index >= 15 is 0 Å². The number of rotatable bonds is 7. The smallest absolute Gasteiger partial charge is 0.170 e. The maximum atomic E-state index is 5.91. The van der Waals surface area contributed by atoms with E-state index in [0.717, 1.165) is 26.1 Å². The molecule has 0 amide bonds. The minimum atomic E-state index is -0.273. The number of hydrogen-bond donors (Lipinski definition) is 0. The molecule has 2 nitrogen and oxygen atoms in total. The maximum Gasteiger partial charge on any atom is 0.170 e. The van der Waals surface area contributed by atoms with Crippen LogP contribution in [0.2, 0.25) is 0 Å². The zero-order chi connectivity index (χ0) is 11.9. The molecule has 1 fully saturated rings. The van der Waals surface area contributed by atoms with Crippen molar-refractivity contribution in [2.24, 2.45) is 5.92 Å². The van der Waals surface area contributed by atoms with Crippen molar-refractivity contribution in [2.45, 2.75) is 71.5 Å². The second kappa shape index (κ2) is 7.29. The van der Waals surface area contributed by atoms with Crippen LogP contribution in [0.5, 0.6) is 0 Å². The molecule has 0 atom stereocenters. The molecule has 0 aromatic rings. The van der Waals surface area contributed by atoms with Gasteiger partial charge in [0.1, 0.15) is 0 Å². The van der Waals surface area contributed by atoms with Gasteiger partial charge in [-0.05, 0) is 12.8 Å². The molecule has 1 aliphatic heterocycles. The first-order valence-corrected chi connectivity index (χ1v) is 6.99. The maximum absolute atomic E-state index is 5.91. The third kappa shape index (κ3) is 4.06. The summed E-state index contributed by atoms with van der Waals surface area (Å²) in [7, 11) is 0. The lowest BCUT2D eigenvalue weighted by Gasteiger charge is -2.40. The minimum absolute atomic E-state index is 0.273. The fraction of sp³-hybridized carbons (Fsp3) is 1.00. The van der Waals surface area contributed by atoms with E-state index < -0.39 is 0 Å². The highest BCUT2D eigenvalue weighted by molar-refractivity contribution is 4.76. The number of ether oxygens (including phenoxy) is 2. The summed E-state index contributed by atoms with van der Waals surface area (Å²) in [6.45, 7) is 8.40. The molecule has 1 rings (SSSR count). The lowest BCUT2D eigenvalue weighted by atomic mass is 9.95. The van der Waals surface area contributed by atoms with Gasteiger partial charge in [0.2, 0.25) is 0 Å². The Bertz CT molecular complexity index is 172. The van der Waals surface area contributed by atoms with Crippen LogP contribution in [0.25, 0.3) is 0 Å². The molecule has 16 heavy (non-hydrogen) atoms. The first-order chi connectivity index (χ1) is 7.71. The largest absolute Gasteiger partial charge is 0.350 e. The molecular formula is C14H28O2. The summed E-state index contributed by atoms with van der Waals surface area (Å²) in [5.41, 5.74) is 0. The van der Waals surface area contributed by atoms with Gasteiger partial charge in [-0.25, -0.2) is 0 Å². The summed E-state index contributed by atoms with van der Waals surface area (Å²) < 4.78 is 11.8. The van der Waals surface area contributed by atoms with Crippen LogP contribution in [0, 0.1) is 5.92 Å². The summed E-state index contributed by atoms with van der Waals surface area (Å²) in [6, 6.07) is 0. The standard InChI is InChI=1S/C14H28O2/c1-4-5-6-7-8-10-14(13(2)3)15-11-9-12-16-14/h13H,4-12H2,1-3H3. The summed E-state index contributed by atoms with van der Waals surface area (Å²) >= 11 is 0. The van der Waals surface area contributed by atoms with E-state index in [1.165, 1.54) is 32.1 Å². The highest BCUT2D eigenvalue weighted by Crippen LogP contribution is 2.32. The topological polar surface area (TPSA) is 18.5 Å². The van der Waals surface area contributed by atoms with Crippen LogP contribution >= 0.6 is 0 Å². The molecule has 0 N–H and O–H groups in total. The van der Waals surface area contributed by atoms with Gasteiger partial charge in [-0.2, -0.15) is 0 Å². The van der Waals surface area contributed by atoms with Gasteiger partial charge >= 0.3 is 0 Å². The zero-order valence-corrected chi connectivity index (χ0v) is 11.3. The van der Waals surface area contributed by atoms with Gasteiger partial charge < -0.3 is 9.47 Å². The van der Waals surface area contributed by atoms with Crippen molar-refractivity contribution in [3.8, 4) is 0 Å². The van der Waals surface area contributed by atoms with Crippen molar-refractivity contribution in [1.82, 2.24) is 0 Å². The fourth-order valence-electron chi connectivity index (χ4n) is 2.33. The van der Waals surface area contributed by atoms with Crippen molar-refractivity contribution in [3.63, 3.8) is 0 Å². The number of unbranched alkanes of at least 4 members (excludes halogenated alkanes) is 4. The van der Waals surface area contributed by atoms with Crippen LogP contribution in [0.15, 0.2) is 0 Å². The first-order valence-electron chi connectivity index (χ1n) is 6.99. The Morgan fingerprint density at radius 2 is 1.62 bits per heavy atom. The molecule has 0 aromatic heterocycles. The molecule has 0 saturated carbocycles. The predicted molar refractivity (Wildman–Crippen MR) is 67.5 cm³/mol. The lowest BCUT2D eigenvalue weighted by molar-refractivity contribution is -0.292. The molecule has 0 spiro atoms. The second-order valence-corrected chi connectivity index (χ2v) is 5.18. The van der Waals surface area contributed by atoms with Gasteiger partial charge in [-0.15, -0.1) is 0 Å². The average molecular weight is 228 g/mol. The minimum Gasteiger partial charge on any atom is -0.350 e. The van der Waals surface area contributed by atoms with E-state index in [1.54, 1.807) is 0 Å². The fourth-order valence-corrected chi connectivity index (χ4v) is 2.33.